The van der Waals surface area contributed by atoms with Crippen LogP contribution in [0.3, 0.4) is 0 Å². The van der Waals surface area contributed by atoms with Crippen molar-refractivity contribution in [3.63, 3.8) is 0 Å². The Balaban J connectivity index is 2.21. The van der Waals surface area contributed by atoms with Gasteiger partial charge in [-0.25, -0.2) is 12.8 Å². The molecule has 2 aromatic carbocycles. The van der Waals surface area contributed by atoms with Crippen molar-refractivity contribution in [2.45, 2.75) is 31.7 Å². The van der Waals surface area contributed by atoms with Gasteiger partial charge in [-0.15, -0.1) is 0 Å². The van der Waals surface area contributed by atoms with Crippen LogP contribution >= 0.6 is 0 Å². The molecule has 0 saturated carbocycles. The van der Waals surface area contributed by atoms with Gasteiger partial charge in [-0.1, -0.05) is 12.1 Å². The van der Waals surface area contributed by atoms with Crippen molar-refractivity contribution in [1.82, 2.24) is 4.72 Å². The molecule has 0 bridgehead atoms. The molecule has 0 spiro atoms. The smallest absolute Gasteiger partial charge is 0.242 e. The van der Waals surface area contributed by atoms with Crippen LogP contribution in [0, 0.1) is 19.7 Å². The van der Waals surface area contributed by atoms with Gasteiger partial charge in [0.15, 0.2) is 0 Å². The number of hydrogen-bond donors (Lipinski definition) is 2. The highest BCUT2D eigenvalue weighted by molar-refractivity contribution is 7.89. The van der Waals surface area contributed by atoms with Crippen molar-refractivity contribution in [3.8, 4) is 5.75 Å². The molecule has 6 nitrogen and oxygen atoms in total. The largest absolute Gasteiger partial charge is 0.497 e. The summed E-state index contributed by atoms with van der Waals surface area (Å²) in [6, 6.07) is 7.77. The lowest BCUT2D eigenvalue weighted by Gasteiger charge is -2.17. The lowest BCUT2D eigenvalue weighted by atomic mass is 10.1. The summed E-state index contributed by atoms with van der Waals surface area (Å²) in [5, 5.41) is 2.37. The highest BCUT2D eigenvalue weighted by Gasteiger charge is 2.26. The number of anilines is 1. The Labute approximate surface area is 152 Å². The molecule has 0 aliphatic rings. The number of halogens is 1. The Morgan fingerprint density at radius 2 is 1.73 bits per heavy atom. The van der Waals surface area contributed by atoms with Crippen LogP contribution in [0.25, 0.3) is 0 Å². The molecule has 8 heteroatoms. The van der Waals surface area contributed by atoms with Gasteiger partial charge in [0.25, 0.3) is 0 Å². The van der Waals surface area contributed by atoms with Crippen LogP contribution in [0.1, 0.15) is 18.1 Å². The lowest BCUT2D eigenvalue weighted by molar-refractivity contribution is -0.117. The van der Waals surface area contributed by atoms with E-state index in [1.54, 1.807) is 32.0 Å². The standard InChI is InChI=1S/C18H21FN2O4S/c1-11-9-14(25-4)10-12(2)17(11)26(23,24)21-13(3)18(22)20-16-8-6-5-7-15(16)19/h5-10,13,21H,1-4H3,(H,20,22). The van der Waals surface area contributed by atoms with Crippen LogP contribution in [0.2, 0.25) is 0 Å². The van der Waals surface area contributed by atoms with Gasteiger partial charge in [-0.2, -0.15) is 4.72 Å². The first-order valence-electron chi connectivity index (χ1n) is 7.88. The fraction of sp³-hybridized carbons (Fsp3) is 0.278. The predicted molar refractivity (Wildman–Crippen MR) is 97.3 cm³/mol. The highest BCUT2D eigenvalue weighted by atomic mass is 32.2. The minimum atomic E-state index is -3.95. The summed E-state index contributed by atoms with van der Waals surface area (Å²) < 4.78 is 46.5. The van der Waals surface area contributed by atoms with Gasteiger partial charge in [0, 0.05) is 0 Å². The van der Waals surface area contributed by atoms with Crippen molar-refractivity contribution in [1.29, 1.82) is 0 Å². The van der Waals surface area contributed by atoms with E-state index in [2.05, 4.69) is 10.0 Å². The molecule has 2 aromatic rings. The maximum absolute atomic E-state index is 13.6. The molecule has 0 aromatic heterocycles. The molecule has 0 radical (unpaired) electrons. The van der Waals surface area contributed by atoms with Crippen molar-refractivity contribution in [2.75, 3.05) is 12.4 Å². The van der Waals surface area contributed by atoms with Crippen LogP contribution in [0.5, 0.6) is 5.75 Å². The summed E-state index contributed by atoms with van der Waals surface area (Å²) in [7, 11) is -2.46. The van der Waals surface area contributed by atoms with E-state index in [0.29, 0.717) is 16.9 Å². The number of carbonyl (C=O) groups excluding carboxylic acids is 1. The second kappa shape index (κ2) is 7.84. The van der Waals surface area contributed by atoms with E-state index in [9.17, 15) is 17.6 Å². The molecule has 1 atom stereocenters. The van der Waals surface area contributed by atoms with Gasteiger partial charge in [0.2, 0.25) is 15.9 Å². The fourth-order valence-electron chi connectivity index (χ4n) is 2.60. The molecule has 0 fully saturated rings. The first-order chi connectivity index (χ1) is 12.2. The molecule has 140 valence electrons. The van der Waals surface area contributed by atoms with Crippen LogP contribution in [0.15, 0.2) is 41.3 Å². The summed E-state index contributed by atoms with van der Waals surface area (Å²) >= 11 is 0. The molecule has 26 heavy (non-hydrogen) atoms. The summed E-state index contributed by atoms with van der Waals surface area (Å²) in [6.07, 6.45) is 0. The van der Waals surface area contributed by atoms with E-state index in [1.807, 2.05) is 0 Å². The Hall–Kier alpha value is -2.45. The summed E-state index contributed by atoms with van der Waals surface area (Å²) in [5.41, 5.74) is 0.979. The average Bonchev–Trinajstić information content (AvgIpc) is 2.55. The maximum Gasteiger partial charge on any atom is 0.242 e. The molecule has 0 saturated heterocycles. The van der Waals surface area contributed by atoms with E-state index < -0.39 is 27.8 Å². The molecule has 1 amide bonds. The minimum absolute atomic E-state index is 0.0136. The van der Waals surface area contributed by atoms with Crippen molar-refractivity contribution in [3.05, 3.63) is 53.3 Å². The van der Waals surface area contributed by atoms with Gasteiger partial charge in [0.1, 0.15) is 11.6 Å². The number of benzene rings is 2. The zero-order valence-corrected chi connectivity index (χ0v) is 15.8. The fourth-order valence-corrected chi connectivity index (χ4v) is 4.26. The number of hydrogen-bond acceptors (Lipinski definition) is 4. The molecule has 2 N–H and O–H groups in total. The minimum Gasteiger partial charge on any atom is -0.497 e. The summed E-state index contributed by atoms with van der Waals surface area (Å²) in [5.74, 6) is -0.718. The summed E-state index contributed by atoms with van der Waals surface area (Å²) in [6.45, 7) is 4.68. The molecule has 0 heterocycles. The molecular weight excluding hydrogens is 359 g/mol. The van der Waals surface area contributed by atoms with Gasteiger partial charge in [-0.05, 0) is 56.2 Å². The normalized spacial score (nSPS) is 12.5. The van der Waals surface area contributed by atoms with E-state index in [-0.39, 0.29) is 10.6 Å². The Bertz CT molecular complexity index is 906. The topological polar surface area (TPSA) is 84.5 Å². The van der Waals surface area contributed by atoms with Crippen molar-refractivity contribution in [2.24, 2.45) is 0 Å². The number of sulfonamides is 1. The number of methoxy groups -OCH3 is 1. The zero-order valence-electron chi connectivity index (χ0n) is 15.0. The maximum atomic E-state index is 13.6. The van der Waals surface area contributed by atoms with Crippen LogP contribution in [-0.4, -0.2) is 27.5 Å². The van der Waals surface area contributed by atoms with Crippen molar-refractivity contribution >= 4 is 21.6 Å². The van der Waals surface area contributed by atoms with Gasteiger partial charge in [0.05, 0.1) is 23.7 Å². The monoisotopic (exact) mass is 380 g/mol. The van der Waals surface area contributed by atoms with Crippen LogP contribution in [-0.2, 0) is 14.8 Å². The quantitative estimate of drug-likeness (QED) is 0.807. The Morgan fingerprint density at radius 1 is 1.15 bits per heavy atom. The number of carbonyl (C=O) groups is 1. The number of rotatable bonds is 6. The van der Waals surface area contributed by atoms with E-state index in [1.165, 1.54) is 32.2 Å². The highest BCUT2D eigenvalue weighted by Crippen LogP contribution is 2.25. The number of amides is 1. The van der Waals surface area contributed by atoms with E-state index >= 15 is 0 Å². The van der Waals surface area contributed by atoms with Crippen molar-refractivity contribution < 1.29 is 22.3 Å². The first kappa shape index (κ1) is 19.9. The molecular formula is C18H21FN2O4S. The number of nitrogens with one attached hydrogen (secondary N) is 2. The lowest BCUT2D eigenvalue weighted by Crippen LogP contribution is -2.42. The van der Waals surface area contributed by atoms with E-state index in [4.69, 9.17) is 4.74 Å². The van der Waals surface area contributed by atoms with Crippen LogP contribution < -0.4 is 14.8 Å². The third-order valence-electron chi connectivity index (χ3n) is 3.80. The summed E-state index contributed by atoms with van der Waals surface area (Å²) in [4.78, 5) is 12.3. The number of aryl methyl sites for hydroxylation is 2. The second-order valence-electron chi connectivity index (χ2n) is 5.90. The second-order valence-corrected chi connectivity index (χ2v) is 7.55. The van der Waals surface area contributed by atoms with E-state index in [0.717, 1.165) is 0 Å². The van der Waals surface area contributed by atoms with Gasteiger partial charge in [-0.3, -0.25) is 4.79 Å². The Morgan fingerprint density at radius 3 is 2.27 bits per heavy atom. The van der Waals surface area contributed by atoms with Crippen LogP contribution in [0.4, 0.5) is 10.1 Å². The molecule has 0 aliphatic carbocycles. The zero-order chi connectivity index (χ0) is 19.5. The Kier molecular flexibility index (Phi) is 5.99. The third kappa shape index (κ3) is 4.39. The molecule has 1 unspecified atom stereocenters. The SMILES string of the molecule is COc1cc(C)c(S(=O)(=O)NC(C)C(=O)Nc2ccccc2F)c(C)c1. The van der Waals surface area contributed by atoms with Gasteiger partial charge >= 0.3 is 0 Å². The predicted octanol–water partition coefficient (Wildman–Crippen LogP) is 2.76. The first-order valence-corrected chi connectivity index (χ1v) is 9.37. The molecule has 0 aliphatic heterocycles. The number of ether oxygens (including phenoxy) is 1. The third-order valence-corrected chi connectivity index (χ3v) is 5.64. The van der Waals surface area contributed by atoms with Gasteiger partial charge < -0.3 is 10.1 Å². The number of para-hydroxylation sites is 1. The molecule has 2 rings (SSSR count). The average molecular weight is 380 g/mol.